The summed E-state index contributed by atoms with van der Waals surface area (Å²) in [6.07, 6.45) is 3.12. The second-order valence-electron chi connectivity index (χ2n) is 6.76. The summed E-state index contributed by atoms with van der Waals surface area (Å²) in [5, 5.41) is 0. The van der Waals surface area contributed by atoms with Gasteiger partial charge in [-0.2, -0.15) is 0 Å². The van der Waals surface area contributed by atoms with E-state index in [9.17, 15) is 9.59 Å². The molecular weight excluding hydrogens is 424 g/mol. The first-order chi connectivity index (χ1) is 16.0. The molecule has 33 heavy (non-hydrogen) atoms. The number of carbonyl (C=O) groups excluding carboxylic acids is 2. The topological polar surface area (TPSA) is 80.3 Å². The average molecular weight is 448 g/mol. The molecule has 0 aliphatic rings. The van der Waals surface area contributed by atoms with E-state index in [2.05, 4.69) is 0 Å². The van der Waals surface area contributed by atoms with E-state index < -0.39 is 5.97 Å². The van der Waals surface area contributed by atoms with Crippen LogP contribution in [0.1, 0.15) is 26.3 Å². The second-order valence-corrected chi connectivity index (χ2v) is 6.76. The molecule has 0 fully saturated rings. The molecule has 0 aliphatic carbocycles. The molecule has 0 amide bonds. The lowest BCUT2D eigenvalue weighted by Crippen LogP contribution is -2.12. The van der Waals surface area contributed by atoms with Gasteiger partial charge in [0.05, 0.1) is 28.4 Å². The van der Waals surface area contributed by atoms with E-state index in [-0.39, 0.29) is 17.1 Å². The molecule has 0 radical (unpaired) electrons. The smallest absolute Gasteiger partial charge is 0.351 e. The summed E-state index contributed by atoms with van der Waals surface area (Å²) in [6.45, 7) is 0. The molecule has 7 nitrogen and oxygen atoms in total. The summed E-state index contributed by atoms with van der Waals surface area (Å²) < 4.78 is 26.4. The zero-order chi connectivity index (χ0) is 23.8. The average Bonchev–Trinajstić information content (AvgIpc) is 2.86. The third-order valence-corrected chi connectivity index (χ3v) is 4.84. The van der Waals surface area contributed by atoms with Crippen LogP contribution in [0.2, 0.25) is 0 Å². The maximum absolute atomic E-state index is 12.7. The highest BCUT2D eigenvalue weighted by Gasteiger charge is 2.20. The number of ether oxygens (including phenoxy) is 5. The molecule has 3 aromatic rings. The maximum Gasteiger partial charge on any atom is 0.351 e. The number of hydrogen-bond donors (Lipinski definition) is 0. The van der Waals surface area contributed by atoms with Gasteiger partial charge in [0.2, 0.25) is 0 Å². The molecule has 0 N–H and O–H groups in total. The molecule has 0 saturated heterocycles. The minimum Gasteiger partial charge on any atom is -0.497 e. The highest BCUT2D eigenvalue weighted by Crippen LogP contribution is 2.30. The number of benzene rings is 3. The highest BCUT2D eigenvalue weighted by atomic mass is 16.5. The van der Waals surface area contributed by atoms with Crippen molar-refractivity contribution in [2.24, 2.45) is 0 Å². The lowest BCUT2D eigenvalue weighted by atomic mass is 10.1. The lowest BCUT2D eigenvalue weighted by molar-refractivity contribution is 0.0727. The Bertz CT molecular complexity index is 1140. The minimum atomic E-state index is -0.630. The van der Waals surface area contributed by atoms with Crippen LogP contribution in [0.3, 0.4) is 0 Å². The summed E-state index contributed by atoms with van der Waals surface area (Å²) in [7, 11) is 6.04. The van der Waals surface area contributed by atoms with E-state index in [0.717, 1.165) is 5.56 Å². The number of methoxy groups -OCH3 is 4. The molecule has 0 bridgehead atoms. The number of ketones is 1. The van der Waals surface area contributed by atoms with E-state index in [4.69, 9.17) is 23.7 Å². The molecule has 3 aromatic carbocycles. The largest absolute Gasteiger partial charge is 0.497 e. The van der Waals surface area contributed by atoms with Crippen LogP contribution in [0.25, 0.3) is 6.08 Å². The lowest BCUT2D eigenvalue weighted by Gasteiger charge is -2.12. The van der Waals surface area contributed by atoms with Gasteiger partial charge in [-0.05, 0) is 60.7 Å². The van der Waals surface area contributed by atoms with Gasteiger partial charge in [0.15, 0.2) is 5.78 Å². The normalized spacial score (nSPS) is 10.5. The summed E-state index contributed by atoms with van der Waals surface area (Å²) in [4.78, 5) is 25.2. The summed E-state index contributed by atoms with van der Waals surface area (Å²) in [5.74, 6) is 1.37. The van der Waals surface area contributed by atoms with Gasteiger partial charge in [-0.1, -0.05) is 6.07 Å². The fourth-order valence-electron chi connectivity index (χ4n) is 3.12. The second kappa shape index (κ2) is 10.9. The zero-order valence-corrected chi connectivity index (χ0v) is 18.8. The van der Waals surface area contributed by atoms with Crippen molar-refractivity contribution in [3.63, 3.8) is 0 Å². The Hall–Kier alpha value is -4.26. The maximum atomic E-state index is 12.7. The Labute approximate surface area is 192 Å². The molecule has 0 aliphatic heterocycles. The quantitative estimate of drug-likeness (QED) is 0.201. The summed E-state index contributed by atoms with van der Waals surface area (Å²) >= 11 is 0. The Morgan fingerprint density at radius 3 is 1.88 bits per heavy atom. The molecular formula is C26H24O7. The SMILES string of the molecule is COc1ccc(/C=C/C(=O)c2ccc(OC(=O)c3c(OC)cccc3OC)cc2)c(OC)c1. The van der Waals surface area contributed by atoms with E-state index in [1.807, 2.05) is 0 Å². The van der Waals surface area contributed by atoms with Crippen LogP contribution < -0.4 is 23.7 Å². The number of allylic oxidation sites excluding steroid dienone is 1. The van der Waals surface area contributed by atoms with Gasteiger partial charge >= 0.3 is 5.97 Å². The first-order valence-electron chi connectivity index (χ1n) is 9.98. The van der Waals surface area contributed by atoms with Gasteiger partial charge in [0.25, 0.3) is 0 Å². The number of hydrogen-bond acceptors (Lipinski definition) is 7. The molecule has 7 heteroatoms. The van der Waals surface area contributed by atoms with Crippen LogP contribution in [-0.2, 0) is 0 Å². The third kappa shape index (κ3) is 5.51. The zero-order valence-electron chi connectivity index (χ0n) is 18.8. The number of esters is 1. The molecule has 170 valence electrons. The fourth-order valence-corrected chi connectivity index (χ4v) is 3.12. The fraction of sp³-hybridized carbons (Fsp3) is 0.154. The molecule has 3 rings (SSSR count). The summed E-state index contributed by atoms with van der Waals surface area (Å²) in [6, 6.07) is 16.6. The van der Waals surface area contributed by atoms with Gasteiger partial charge in [-0.25, -0.2) is 4.79 Å². The molecule has 0 saturated carbocycles. The first-order valence-corrected chi connectivity index (χ1v) is 9.98. The van der Waals surface area contributed by atoms with Crippen LogP contribution in [0, 0.1) is 0 Å². The minimum absolute atomic E-state index is 0.180. The van der Waals surface area contributed by atoms with Crippen LogP contribution in [-0.4, -0.2) is 40.2 Å². The van der Waals surface area contributed by atoms with Crippen molar-refractivity contribution in [3.05, 3.63) is 83.4 Å². The molecule has 0 spiro atoms. The molecule has 0 aromatic heterocycles. The predicted octanol–water partition coefficient (Wildman–Crippen LogP) is 4.84. The first kappa shape index (κ1) is 23.4. The van der Waals surface area contributed by atoms with E-state index in [1.165, 1.54) is 20.3 Å². The van der Waals surface area contributed by atoms with Crippen molar-refractivity contribution >= 4 is 17.8 Å². The Balaban J connectivity index is 1.73. The predicted molar refractivity (Wildman–Crippen MR) is 124 cm³/mol. The Morgan fingerprint density at radius 1 is 0.697 bits per heavy atom. The van der Waals surface area contributed by atoms with Crippen molar-refractivity contribution < 1.29 is 33.3 Å². The van der Waals surface area contributed by atoms with Crippen LogP contribution in [0.5, 0.6) is 28.7 Å². The van der Waals surface area contributed by atoms with E-state index in [1.54, 1.807) is 81.0 Å². The van der Waals surface area contributed by atoms with Crippen molar-refractivity contribution in [2.75, 3.05) is 28.4 Å². The van der Waals surface area contributed by atoms with E-state index in [0.29, 0.717) is 28.6 Å². The molecule has 0 heterocycles. The van der Waals surface area contributed by atoms with Gasteiger partial charge in [0.1, 0.15) is 34.3 Å². The Kier molecular flexibility index (Phi) is 7.70. The van der Waals surface area contributed by atoms with Crippen molar-refractivity contribution in [3.8, 4) is 28.7 Å². The van der Waals surface area contributed by atoms with Gasteiger partial charge in [0, 0.05) is 17.2 Å². The van der Waals surface area contributed by atoms with Crippen LogP contribution in [0.4, 0.5) is 0 Å². The standard InChI is InChI=1S/C26H24O7/c1-29-20-14-10-18(24(16-20)32-4)11-15-21(27)17-8-12-19(13-9-17)33-26(28)25-22(30-2)6-5-7-23(25)31-3/h5-16H,1-4H3/b15-11+. The van der Waals surface area contributed by atoms with Crippen molar-refractivity contribution in [1.29, 1.82) is 0 Å². The number of carbonyl (C=O) groups is 2. The van der Waals surface area contributed by atoms with E-state index >= 15 is 0 Å². The van der Waals surface area contributed by atoms with Gasteiger partial charge in [-0.15, -0.1) is 0 Å². The van der Waals surface area contributed by atoms with Crippen molar-refractivity contribution in [1.82, 2.24) is 0 Å². The summed E-state index contributed by atoms with van der Waals surface area (Å²) in [5.41, 5.74) is 1.36. The van der Waals surface area contributed by atoms with Crippen LogP contribution >= 0.6 is 0 Å². The third-order valence-electron chi connectivity index (χ3n) is 4.84. The number of rotatable bonds is 9. The van der Waals surface area contributed by atoms with Crippen molar-refractivity contribution in [2.45, 2.75) is 0 Å². The molecule has 0 unspecified atom stereocenters. The monoisotopic (exact) mass is 448 g/mol. The Morgan fingerprint density at radius 2 is 1.30 bits per heavy atom. The van der Waals surface area contributed by atoms with Gasteiger partial charge < -0.3 is 23.7 Å². The molecule has 0 atom stereocenters. The van der Waals surface area contributed by atoms with Crippen LogP contribution in [0.15, 0.2) is 66.7 Å². The van der Waals surface area contributed by atoms with Gasteiger partial charge in [-0.3, -0.25) is 4.79 Å². The highest BCUT2D eigenvalue weighted by molar-refractivity contribution is 6.07.